The van der Waals surface area contributed by atoms with E-state index in [1.165, 1.54) is 32.1 Å². The van der Waals surface area contributed by atoms with Crippen LogP contribution < -0.4 is 9.98 Å². The quantitative estimate of drug-likeness (QED) is 0.656. The van der Waals surface area contributed by atoms with Crippen molar-refractivity contribution in [3.8, 4) is 0 Å². The van der Waals surface area contributed by atoms with Gasteiger partial charge in [0.1, 0.15) is 0 Å². The van der Waals surface area contributed by atoms with Gasteiger partial charge in [0, 0.05) is 6.04 Å². The maximum Gasteiger partial charge on any atom is 0.0117 e. The Hall–Kier alpha value is 0.350. The Kier molecular flexibility index (Phi) is 4.36. The van der Waals surface area contributed by atoms with Crippen molar-refractivity contribution < 1.29 is 4.89 Å². The first-order valence-electron chi connectivity index (χ1n) is 4.51. The highest BCUT2D eigenvalue weighted by molar-refractivity contribution is 7.26. The van der Waals surface area contributed by atoms with Crippen LogP contribution in [0.1, 0.15) is 39.0 Å². The number of hydrogen-bond acceptors (Lipinski definition) is 2. The summed E-state index contributed by atoms with van der Waals surface area (Å²) in [6, 6.07) is 0.532. The molecule has 0 spiro atoms. The van der Waals surface area contributed by atoms with Gasteiger partial charge in [-0.2, -0.15) is 0 Å². The molecule has 1 aliphatic rings. The first kappa shape index (κ1) is 9.44. The molecule has 0 heterocycles. The highest BCUT2D eigenvalue weighted by atomic mass is 31.1. The predicted molar refractivity (Wildman–Crippen MR) is 47.5 cm³/mol. The second-order valence-corrected chi connectivity index (χ2v) is 3.80. The number of rotatable bonds is 3. The zero-order chi connectivity index (χ0) is 8.10. The molecule has 1 saturated carbocycles. The van der Waals surface area contributed by atoms with Crippen LogP contribution in [0.2, 0.25) is 0 Å². The molecule has 3 unspecified atom stereocenters. The average molecular weight is 174 g/mol. The van der Waals surface area contributed by atoms with Crippen LogP contribution in [-0.2, 0) is 0 Å². The van der Waals surface area contributed by atoms with Gasteiger partial charge < -0.3 is 9.98 Å². The zero-order valence-electron chi connectivity index (χ0n) is 7.10. The summed E-state index contributed by atoms with van der Waals surface area (Å²) in [4.78, 5) is 10.4. The third-order valence-electron chi connectivity index (χ3n) is 2.68. The average Bonchev–Trinajstić information content (AvgIpc) is 2.06. The van der Waals surface area contributed by atoms with Crippen molar-refractivity contribution in [3.63, 3.8) is 0 Å². The summed E-state index contributed by atoms with van der Waals surface area (Å²) in [5.41, 5.74) is 0. The van der Waals surface area contributed by atoms with Gasteiger partial charge in [0.25, 0.3) is 0 Å². The van der Waals surface area contributed by atoms with Gasteiger partial charge in [-0.05, 0) is 18.8 Å². The third kappa shape index (κ3) is 2.70. The topological polar surface area (TPSA) is 35.1 Å². The number of nitrogens with one attached hydrogen (secondary N) is 1. The van der Waals surface area contributed by atoms with Crippen LogP contribution >= 0.6 is 8.96 Å². The highest BCUT2D eigenvalue weighted by Crippen LogP contribution is 2.27. The van der Waals surface area contributed by atoms with Crippen LogP contribution in [0, 0.1) is 5.92 Å². The molecule has 66 valence electrons. The Bertz CT molecular complexity index is 108. The van der Waals surface area contributed by atoms with E-state index in [-0.39, 0.29) is 8.96 Å². The Labute approximate surface area is 70.7 Å². The maximum absolute atomic E-state index is 10.4. The Morgan fingerprint density at radius 2 is 2.18 bits per heavy atom. The van der Waals surface area contributed by atoms with Crippen LogP contribution in [0.15, 0.2) is 0 Å². The summed E-state index contributed by atoms with van der Waals surface area (Å²) in [5, 5.41) is 3.06. The summed E-state index contributed by atoms with van der Waals surface area (Å²) in [6.07, 6.45) is 6.42. The third-order valence-corrected chi connectivity index (χ3v) is 3.17. The highest BCUT2D eigenvalue weighted by Gasteiger charge is 2.21. The standard InChI is InChI=1S/C8H17NOP/c1-2-7-5-3-4-6-8(7)9-11-10/h7-9,11H,2-6H2,1H3/q-1. The molecule has 11 heavy (non-hydrogen) atoms. The lowest BCUT2D eigenvalue weighted by atomic mass is 9.83. The van der Waals surface area contributed by atoms with E-state index in [2.05, 4.69) is 12.0 Å². The summed E-state index contributed by atoms with van der Waals surface area (Å²) < 4.78 is 0. The molecule has 3 heteroatoms. The maximum atomic E-state index is 10.4. The normalized spacial score (nSPS) is 33.3. The minimum Gasteiger partial charge on any atom is -0.820 e. The molecule has 1 rings (SSSR count). The van der Waals surface area contributed by atoms with Gasteiger partial charge in [0.2, 0.25) is 0 Å². The first-order chi connectivity index (χ1) is 5.38. The lowest BCUT2D eigenvalue weighted by Crippen LogP contribution is -2.34. The lowest BCUT2D eigenvalue weighted by molar-refractivity contribution is -0.153. The first-order valence-corrected chi connectivity index (χ1v) is 5.42. The Morgan fingerprint density at radius 1 is 1.45 bits per heavy atom. The van der Waals surface area contributed by atoms with Crippen LogP contribution in [0.5, 0.6) is 0 Å². The predicted octanol–water partition coefficient (Wildman–Crippen LogP) is 1.41. The van der Waals surface area contributed by atoms with Crippen LogP contribution in [0.4, 0.5) is 0 Å². The van der Waals surface area contributed by atoms with Gasteiger partial charge in [-0.15, -0.1) is 8.96 Å². The summed E-state index contributed by atoms with van der Waals surface area (Å²) in [5.74, 6) is 0.769. The summed E-state index contributed by atoms with van der Waals surface area (Å²) in [7, 11) is -0.322. The van der Waals surface area contributed by atoms with Gasteiger partial charge in [0.15, 0.2) is 0 Å². The van der Waals surface area contributed by atoms with Gasteiger partial charge >= 0.3 is 0 Å². The van der Waals surface area contributed by atoms with E-state index in [0.717, 1.165) is 5.92 Å². The molecule has 3 atom stereocenters. The van der Waals surface area contributed by atoms with Crippen molar-refractivity contribution in [3.05, 3.63) is 0 Å². The van der Waals surface area contributed by atoms with E-state index < -0.39 is 0 Å². The molecular weight excluding hydrogens is 157 g/mol. The van der Waals surface area contributed by atoms with Gasteiger partial charge in [0.05, 0.1) is 0 Å². The second kappa shape index (κ2) is 5.08. The van der Waals surface area contributed by atoms with Crippen LogP contribution in [0.3, 0.4) is 0 Å². The molecule has 1 fully saturated rings. The second-order valence-electron chi connectivity index (χ2n) is 3.31. The fourth-order valence-electron chi connectivity index (χ4n) is 1.96. The monoisotopic (exact) mass is 174 g/mol. The molecular formula is C8H17NOP-. The van der Waals surface area contributed by atoms with Crippen molar-refractivity contribution in [2.75, 3.05) is 0 Å². The number of hydrogen-bond donors (Lipinski definition) is 1. The fourth-order valence-corrected chi connectivity index (χ4v) is 2.49. The summed E-state index contributed by atoms with van der Waals surface area (Å²) in [6.45, 7) is 2.22. The summed E-state index contributed by atoms with van der Waals surface area (Å²) >= 11 is 0. The molecule has 0 aromatic carbocycles. The van der Waals surface area contributed by atoms with E-state index in [4.69, 9.17) is 0 Å². The molecule has 0 aliphatic heterocycles. The largest absolute Gasteiger partial charge is 0.820 e. The van der Waals surface area contributed by atoms with E-state index in [1.807, 2.05) is 0 Å². The van der Waals surface area contributed by atoms with Gasteiger partial charge in [-0.1, -0.05) is 26.2 Å². The Balaban J connectivity index is 2.31. The SMILES string of the molecule is CCC1CCCCC1NP[O-]. The van der Waals surface area contributed by atoms with Crippen LogP contribution in [-0.4, -0.2) is 6.04 Å². The van der Waals surface area contributed by atoms with Crippen molar-refractivity contribution in [2.24, 2.45) is 5.92 Å². The van der Waals surface area contributed by atoms with Crippen LogP contribution in [0.25, 0.3) is 0 Å². The molecule has 0 aromatic heterocycles. The van der Waals surface area contributed by atoms with E-state index in [0.29, 0.717) is 6.04 Å². The van der Waals surface area contributed by atoms with Gasteiger partial charge in [-0.25, -0.2) is 0 Å². The molecule has 1 aliphatic carbocycles. The molecule has 0 radical (unpaired) electrons. The molecule has 0 saturated heterocycles. The van der Waals surface area contributed by atoms with Gasteiger partial charge in [-0.3, -0.25) is 0 Å². The van der Waals surface area contributed by atoms with Crippen molar-refractivity contribution >= 4 is 8.96 Å². The van der Waals surface area contributed by atoms with E-state index in [9.17, 15) is 4.89 Å². The zero-order valence-corrected chi connectivity index (χ0v) is 8.10. The Morgan fingerprint density at radius 3 is 2.82 bits per heavy atom. The van der Waals surface area contributed by atoms with Crippen molar-refractivity contribution in [1.82, 2.24) is 5.09 Å². The molecule has 2 nitrogen and oxygen atoms in total. The van der Waals surface area contributed by atoms with E-state index in [1.54, 1.807) is 0 Å². The molecule has 0 aromatic rings. The lowest BCUT2D eigenvalue weighted by Gasteiger charge is -2.32. The van der Waals surface area contributed by atoms with E-state index >= 15 is 0 Å². The molecule has 0 bridgehead atoms. The molecule has 1 N–H and O–H groups in total. The van der Waals surface area contributed by atoms with Crippen molar-refractivity contribution in [2.45, 2.75) is 45.1 Å². The molecule has 0 amide bonds. The fraction of sp³-hybridized carbons (Fsp3) is 1.00. The minimum atomic E-state index is -0.322. The minimum absolute atomic E-state index is 0.322. The van der Waals surface area contributed by atoms with Crippen molar-refractivity contribution in [1.29, 1.82) is 0 Å². The smallest absolute Gasteiger partial charge is 0.0117 e.